The van der Waals surface area contributed by atoms with E-state index in [9.17, 15) is 19.5 Å². The third-order valence-corrected chi connectivity index (χ3v) is 4.02. The van der Waals surface area contributed by atoms with Crippen LogP contribution in [0.5, 0.6) is 0 Å². The number of aliphatic carboxylic acids is 1. The van der Waals surface area contributed by atoms with Crippen LogP contribution in [0.1, 0.15) is 13.8 Å². The van der Waals surface area contributed by atoms with Gasteiger partial charge in [-0.25, -0.2) is 4.79 Å². The second kappa shape index (κ2) is 4.75. The molecule has 4 atom stereocenters. The van der Waals surface area contributed by atoms with Gasteiger partial charge in [-0.15, -0.1) is 0 Å². The molecule has 0 unspecified atom stereocenters. The van der Waals surface area contributed by atoms with E-state index < -0.39 is 23.6 Å². The molecule has 7 nitrogen and oxygen atoms in total. The van der Waals surface area contributed by atoms with Crippen molar-refractivity contribution in [3.8, 4) is 0 Å². The molecule has 3 rings (SSSR count). The van der Waals surface area contributed by atoms with Crippen LogP contribution in [0.4, 0.5) is 4.79 Å². The van der Waals surface area contributed by atoms with Crippen molar-refractivity contribution in [3.05, 3.63) is 11.8 Å². The van der Waals surface area contributed by atoms with Gasteiger partial charge < -0.3 is 24.3 Å². The molecule has 3 aliphatic heterocycles. The molecule has 0 aromatic rings. The quantitative estimate of drug-likeness (QED) is 0.292. The van der Waals surface area contributed by atoms with Gasteiger partial charge in [-0.1, -0.05) is 13.0 Å². The molecule has 0 radical (unpaired) electrons. The van der Waals surface area contributed by atoms with Gasteiger partial charge in [0.05, 0.1) is 17.7 Å². The van der Waals surface area contributed by atoms with E-state index in [1.54, 1.807) is 6.92 Å². The number of carbonyl (C=O) groups excluding carboxylic acids is 3. The van der Waals surface area contributed by atoms with E-state index in [0.717, 1.165) is 0 Å². The van der Waals surface area contributed by atoms with Crippen molar-refractivity contribution in [1.82, 2.24) is 4.90 Å². The van der Waals surface area contributed by atoms with Gasteiger partial charge in [0, 0.05) is 0 Å². The molecule has 0 aromatic carbocycles. The molecule has 0 bridgehead atoms. The Morgan fingerprint density at radius 1 is 1.50 bits per heavy atom. The summed E-state index contributed by atoms with van der Waals surface area (Å²) < 4.78 is 9.83. The van der Waals surface area contributed by atoms with E-state index in [-0.39, 0.29) is 59.7 Å². The van der Waals surface area contributed by atoms with Gasteiger partial charge in [0.15, 0.2) is 5.60 Å². The van der Waals surface area contributed by atoms with Gasteiger partial charge in [0.25, 0.3) is 0 Å². The molecule has 0 aromatic heterocycles. The van der Waals surface area contributed by atoms with Crippen LogP contribution < -0.4 is 34.7 Å². The Morgan fingerprint density at radius 2 is 2.15 bits per heavy atom. The number of carboxylic acids is 1. The molecule has 2 saturated heterocycles. The van der Waals surface area contributed by atoms with Gasteiger partial charge in [0.1, 0.15) is 12.5 Å². The molecular formula is C12H12NNaO6. The molecule has 2 fully saturated rings. The van der Waals surface area contributed by atoms with Crippen molar-refractivity contribution in [2.24, 2.45) is 11.8 Å². The molecule has 0 aliphatic carbocycles. The summed E-state index contributed by atoms with van der Waals surface area (Å²) in [7, 11) is 0. The van der Waals surface area contributed by atoms with Crippen LogP contribution in [0.15, 0.2) is 11.8 Å². The first kappa shape index (κ1) is 15.3. The molecule has 8 heteroatoms. The molecule has 1 amide bonds. The van der Waals surface area contributed by atoms with Crippen LogP contribution in [0, 0.1) is 11.8 Å². The summed E-state index contributed by atoms with van der Waals surface area (Å²) in [4.78, 5) is 35.4. The van der Waals surface area contributed by atoms with E-state index in [1.165, 1.54) is 11.0 Å². The minimum atomic E-state index is -1.37. The third kappa shape index (κ3) is 1.88. The number of hydrogen-bond donors (Lipinski definition) is 0. The zero-order valence-corrected chi connectivity index (χ0v) is 13.4. The molecule has 0 N–H and O–H groups in total. The van der Waals surface area contributed by atoms with Crippen molar-refractivity contribution < 1.29 is 58.5 Å². The molecular weight excluding hydrogens is 277 g/mol. The van der Waals surface area contributed by atoms with Gasteiger partial charge in [-0.3, -0.25) is 4.79 Å². The summed E-state index contributed by atoms with van der Waals surface area (Å²) in [5, 5.41) is 11.0. The Balaban J connectivity index is 0.00000147. The first-order valence-electron chi connectivity index (χ1n) is 5.97. The van der Waals surface area contributed by atoms with Crippen molar-refractivity contribution in [2.45, 2.75) is 25.5 Å². The number of carbonyl (C=O) groups is 3. The minimum absolute atomic E-state index is 0. The maximum atomic E-state index is 12.1. The van der Waals surface area contributed by atoms with Crippen molar-refractivity contribution >= 4 is 18.0 Å². The molecule has 3 aliphatic rings. The zero-order valence-electron chi connectivity index (χ0n) is 11.4. The van der Waals surface area contributed by atoms with Crippen molar-refractivity contribution in [2.75, 3.05) is 6.61 Å². The van der Waals surface area contributed by atoms with Crippen LogP contribution in [-0.2, 0) is 19.1 Å². The van der Waals surface area contributed by atoms with E-state index in [1.807, 2.05) is 6.92 Å². The second-order valence-corrected chi connectivity index (χ2v) is 5.33. The van der Waals surface area contributed by atoms with E-state index >= 15 is 0 Å². The molecule has 102 valence electrons. The predicted molar refractivity (Wildman–Crippen MR) is 57.2 cm³/mol. The summed E-state index contributed by atoms with van der Waals surface area (Å²) in [6.45, 7) is 3.44. The summed E-state index contributed by atoms with van der Waals surface area (Å²) in [5.74, 6) is -2.45. The fourth-order valence-corrected chi connectivity index (χ4v) is 3.15. The standard InChI is InChI=1S/C12H13NO6.Na/c1-5-3-6(10(15)16)13-8(5)7(9(13)14)12(2)4-18-11(17)19-12;/h3,5,7-8H,4H2,1-2H3,(H,15,16);/q;+1/p-1/t5-,7+,8+,12+;/m1./s1. The second-order valence-electron chi connectivity index (χ2n) is 5.33. The smallest absolute Gasteiger partial charge is 0.543 e. The average molecular weight is 289 g/mol. The van der Waals surface area contributed by atoms with Gasteiger partial charge in [0.2, 0.25) is 5.91 Å². The monoisotopic (exact) mass is 289 g/mol. The number of nitrogens with zero attached hydrogens (tertiary/aromatic N) is 1. The van der Waals surface area contributed by atoms with Crippen LogP contribution in [0.2, 0.25) is 0 Å². The van der Waals surface area contributed by atoms with Crippen LogP contribution in [-0.4, -0.2) is 41.2 Å². The maximum Gasteiger partial charge on any atom is 1.00 e. The van der Waals surface area contributed by atoms with E-state index in [4.69, 9.17) is 9.47 Å². The van der Waals surface area contributed by atoms with Crippen molar-refractivity contribution in [3.63, 3.8) is 0 Å². The third-order valence-electron chi connectivity index (χ3n) is 4.02. The summed E-state index contributed by atoms with van der Waals surface area (Å²) in [6.07, 6.45) is 0.700. The first-order valence-corrected chi connectivity index (χ1v) is 5.97. The number of carboxylic acid groups (broad SMARTS) is 1. The number of fused-ring (bicyclic) bond motifs is 1. The molecule has 3 heterocycles. The fraction of sp³-hybridized carbons (Fsp3) is 0.583. The molecule has 0 saturated carbocycles. The maximum absolute atomic E-state index is 12.1. The fourth-order valence-electron chi connectivity index (χ4n) is 3.15. The number of rotatable bonds is 2. The predicted octanol–water partition coefficient (Wildman–Crippen LogP) is -3.97. The Labute approximate surface area is 137 Å². The minimum Gasteiger partial charge on any atom is -0.543 e. The molecule has 0 spiro atoms. The summed E-state index contributed by atoms with van der Waals surface area (Å²) in [5.41, 5.74) is -1.13. The number of hydrogen-bond acceptors (Lipinski definition) is 6. The van der Waals surface area contributed by atoms with Crippen LogP contribution >= 0.6 is 0 Å². The zero-order chi connectivity index (χ0) is 13.9. The normalized spacial score (nSPS) is 38.2. The Hall–Kier alpha value is -1.05. The summed E-state index contributed by atoms with van der Waals surface area (Å²) >= 11 is 0. The van der Waals surface area contributed by atoms with E-state index in [0.29, 0.717) is 0 Å². The number of β-lactam (4-membered cyclic amide) rings is 1. The first-order chi connectivity index (χ1) is 8.85. The largest absolute Gasteiger partial charge is 1.00 e. The Kier molecular flexibility index (Phi) is 3.64. The average Bonchev–Trinajstić information content (AvgIpc) is 2.78. The number of cyclic esters (lactones) is 2. The Morgan fingerprint density at radius 3 is 2.65 bits per heavy atom. The summed E-state index contributed by atoms with van der Waals surface area (Å²) in [6, 6.07) is -0.320. The van der Waals surface area contributed by atoms with Gasteiger partial charge in [-0.2, -0.15) is 0 Å². The van der Waals surface area contributed by atoms with E-state index in [2.05, 4.69) is 0 Å². The number of amides is 1. The number of ether oxygens (including phenoxy) is 2. The Bertz CT molecular complexity index is 532. The molecule has 20 heavy (non-hydrogen) atoms. The van der Waals surface area contributed by atoms with Gasteiger partial charge in [-0.05, 0) is 12.8 Å². The topological polar surface area (TPSA) is 96.0 Å². The van der Waals surface area contributed by atoms with Crippen LogP contribution in [0.25, 0.3) is 0 Å². The SMILES string of the molecule is C[C@@H]1C=C(C(=O)[O-])N2C(=O)[C@@H]([C@]3(C)COC(=O)O3)[C@H]12.[Na+]. The van der Waals surface area contributed by atoms with Crippen LogP contribution in [0.3, 0.4) is 0 Å². The van der Waals surface area contributed by atoms with Crippen molar-refractivity contribution in [1.29, 1.82) is 0 Å². The van der Waals surface area contributed by atoms with Gasteiger partial charge >= 0.3 is 35.7 Å².